The molecule has 17 heavy (non-hydrogen) atoms. The molecule has 0 radical (unpaired) electrons. The smallest absolute Gasteiger partial charge is 0.159 e. The molecule has 1 aliphatic rings. The number of halogens is 1. The van der Waals surface area contributed by atoms with Crippen LogP contribution in [0.15, 0.2) is 18.2 Å². The summed E-state index contributed by atoms with van der Waals surface area (Å²) in [5.41, 5.74) is 1.74. The second-order valence-corrected chi connectivity index (χ2v) is 5.17. The molecule has 1 fully saturated rings. The average molecular weight is 252 g/mol. The Bertz CT molecular complexity index is 430. The predicted molar refractivity (Wildman–Crippen MR) is 72.1 cm³/mol. The molecule has 0 N–H and O–H groups in total. The highest BCUT2D eigenvalue weighted by Gasteiger charge is 2.20. The van der Waals surface area contributed by atoms with Crippen molar-refractivity contribution in [1.82, 2.24) is 0 Å². The van der Waals surface area contributed by atoms with E-state index < -0.39 is 0 Å². The van der Waals surface area contributed by atoms with Crippen molar-refractivity contribution in [3.8, 4) is 0 Å². The van der Waals surface area contributed by atoms with Gasteiger partial charge in [-0.2, -0.15) is 0 Å². The normalized spacial score (nSPS) is 20.4. The van der Waals surface area contributed by atoms with E-state index in [1.54, 1.807) is 13.0 Å². The van der Waals surface area contributed by atoms with Crippen LogP contribution in [0.2, 0.25) is 5.02 Å². The molecular weight excluding hydrogens is 234 g/mol. The van der Waals surface area contributed by atoms with Crippen molar-refractivity contribution in [2.45, 2.75) is 39.2 Å². The van der Waals surface area contributed by atoms with Crippen LogP contribution >= 0.6 is 11.6 Å². The molecule has 0 bridgehead atoms. The molecular formula is C14H18ClNO. The van der Waals surface area contributed by atoms with Crippen molar-refractivity contribution in [2.75, 3.05) is 11.4 Å². The zero-order valence-electron chi connectivity index (χ0n) is 10.4. The SMILES string of the molecule is CC(=O)c1ccc(N2CCCC[C@H]2C)c(Cl)c1. The van der Waals surface area contributed by atoms with E-state index in [1.165, 1.54) is 19.3 Å². The Morgan fingerprint density at radius 2 is 2.18 bits per heavy atom. The van der Waals surface area contributed by atoms with E-state index in [9.17, 15) is 4.79 Å². The number of hydrogen-bond donors (Lipinski definition) is 0. The van der Waals surface area contributed by atoms with Gasteiger partial charge in [0.15, 0.2) is 5.78 Å². The lowest BCUT2D eigenvalue weighted by Gasteiger charge is -2.36. The van der Waals surface area contributed by atoms with Crippen LogP contribution in [-0.2, 0) is 0 Å². The van der Waals surface area contributed by atoms with Crippen LogP contribution in [0.5, 0.6) is 0 Å². The van der Waals surface area contributed by atoms with Crippen molar-refractivity contribution < 1.29 is 4.79 Å². The lowest BCUT2D eigenvalue weighted by molar-refractivity contribution is 0.101. The van der Waals surface area contributed by atoms with Crippen molar-refractivity contribution in [3.63, 3.8) is 0 Å². The number of carbonyl (C=O) groups is 1. The summed E-state index contributed by atoms with van der Waals surface area (Å²) in [4.78, 5) is 13.6. The quantitative estimate of drug-likeness (QED) is 0.743. The molecule has 1 saturated heterocycles. The number of carbonyl (C=O) groups excluding carboxylic acids is 1. The average Bonchev–Trinajstić information content (AvgIpc) is 2.30. The summed E-state index contributed by atoms with van der Waals surface area (Å²) in [6, 6.07) is 6.15. The fourth-order valence-corrected chi connectivity index (χ4v) is 2.70. The highest BCUT2D eigenvalue weighted by atomic mass is 35.5. The molecule has 2 rings (SSSR count). The van der Waals surface area contributed by atoms with Crippen LogP contribution in [-0.4, -0.2) is 18.4 Å². The lowest BCUT2D eigenvalue weighted by Crippen LogP contribution is -2.37. The maximum absolute atomic E-state index is 11.3. The van der Waals surface area contributed by atoms with E-state index in [0.29, 0.717) is 16.6 Å². The highest BCUT2D eigenvalue weighted by Crippen LogP contribution is 2.31. The fourth-order valence-electron chi connectivity index (χ4n) is 2.41. The van der Waals surface area contributed by atoms with Gasteiger partial charge in [-0.1, -0.05) is 11.6 Å². The number of piperidine rings is 1. The number of anilines is 1. The molecule has 1 aromatic rings. The fraction of sp³-hybridized carbons (Fsp3) is 0.500. The maximum atomic E-state index is 11.3. The minimum absolute atomic E-state index is 0.0603. The van der Waals surface area contributed by atoms with Crippen LogP contribution in [0.3, 0.4) is 0 Å². The van der Waals surface area contributed by atoms with E-state index >= 15 is 0 Å². The van der Waals surface area contributed by atoms with E-state index in [4.69, 9.17) is 11.6 Å². The number of nitrogens with zero attached hydrogens (tertiary/aromatic N) is 1. The molecule has 1 heterocycles. The molecule has 92 valence electrons. The molecule has 2 nitrogen and oxygen atoms in total. The number of rotatable bonds is 2. The van der Waals surface area contributed by atoms with Gasteiger partial charge in [0, 0.05) is 18.2 Å². The van der Waals surface area contributed by atoms with E-state index in [1.807, 2.05) is 12.1 Å². The summed E-state index contributed by atoms with van der Waals surface area (Å²) in [6.45, 7) is 4.85. The lowest BCUT2D eigenvalue weighted by atomic mass is 10.0. The summed E-state index contributed by atoms with van der Waals surface area (Å²) in [5.74, 6) is 0.0603. The van der Waals surface area contributed by atoms with Gasteiger partial charge < -0.3 is 4.90 Å². The molecule has 0 unspecified atom stereocenters. The Morgan fingerprint density at radius 1 is 1.41 bits per heavy atom. The molecule has 0 saturated carbocycles. The van der Waals surface area contributed by atoms with Crippen molar-refractivity contribution in [1.29, 1.82) is 0 Å². The third-order valence-corrected chi connectivity index (χ3v) is 3.77. The summed E-state index contributed by atoms with van der Waals surface area (Å²) in [7, 11) is 0. The molecule has 0 amide bonds. The van der Waals surface area contributed by atoms with Gasteiger partial charge in [0.05, 0.1) is 10.7 Å². The van der Waals surface area contributed by atoms with Gasteiger partial charge in [-0.15, -0.1) is 0 Å². The molecule has 0 spiro atoms. The third kappa shape index (κ3) is 2.63. The number of ketones is 1. The summed E-state index contributed by atoms with van der Waals surface area (Å²) < 4.78 is 0. The molecule has 0 aliphatic carbocycles. The summed E-state index contributed by atoms with van der Waals surface area (Å²) in [5, 5.41) is 0.687. The van der Waals surface area contributed by atoms with Crippen LogP contribution in [0, 0.1) is 0 Å². The van der Waals surface area contributed by atoms with Crippen molar-refractivity contribution >= 4 is 23.1 Å². The van der Waals surface area contributed by atoms with Crippen LogP contribution in [0.4, 0.5) is 5.69 Å². The van der Waals surface area contributed by atoms with Crippen molar-refractivity contribution in [2.24, 2.45) is 0 Å². The molecule has 1 atom stereocenters. The first-order chi connectivity index (χ1) is 8.09. The van der Waals surface area contributed by atoms with Gasteiger partial charge in [-0.3, -0.25) is 4.79 Å². The van der Waals surface area contributed by atoms with Crippen molar-refractivity contribution in [3.05, 3.63) is 28.8 Å². The monoisotopic (exact) mass is 251 g/mol. The maximum Gasteiger partial charge on any atom is 0.159 e. The first-order valence-corrected chi connectivity index (χ1v) is 6.54. The topological polar surface area (TPSA) is 20.3 Å². The van der Waals surface area contributed by atoms with Gasteiger partial charge in [-0.05, 0) is 51.3 Å². The first-order valence-electron chi connectivity index (χ1n) is 6.16. The Morgan fingerprint density at radius 3 is 2.76 bits per heavy atom. The minimum Gasteiger partial charge on any atom is -0.368 e. The molecule has 0 aromatic heterocycles. The Hall–Kier alpha value is -1.02. The van der Waals surface area contributed by atoms with Gasteiger partial charge in [-0.25, -0.2) is 0 Å². The number of hydrogen-bond acceptors (Lipinski definition) is 2. The highest BCUT2D eigenvalue weighted by molar-refractivity contribution is 6.33. The molecule has 3 heteroatoms. The molecule has 1 aliphatic heterocycles. The second kappa shape index (κ2) is 5.09. The number of benzene rings is 1. The van der Waals surface area contributed by atoms with Gasteiger partial charge >= 0.3 is 0 Å². The summed E-state index contributed by atoms with van der Waals surface area (Å²) >= 11 is 6.28. The summed E-state index contributed by atoms with van der Waals surface area (Å²) in [6.07, 6.45) is 3.72. The van der Waals surface area contributed by atoms with Gasteiger partial charge in [0.1, 0.15) is 0 Å². The molecule has 1 aromatic carbocycles. The van der Waals surface area contributed by atoms with E-state index in [0.717, 1.165) is 12.2 Å². The van der Waals surface area contributed by atoms with Crippen LogP contribution < -0.4 is 4.90 Å². The standard InChI is InChI=1S/C14H18ClNO/c1-10-5-3-4-8-16(10)14-7-6-12(11(2)17)9-13(14)15/h6-7,9-10H,3-5,8H2,1-2H3/t10-/m1/s1. The van der Waals surface area contributed by atoms with E-state index in [2.05, 4.69) is 11.8 Å². The zero-order valence-corrected chi connectivity index (χ0v) is 11.1. The van der Waals surface area contributed by atoms with Crippen LogP contribution in [0.25, 0.3) is 0 Å². The van der Waals surface area contributed by atoms with Crippen LogP contribution in [0.1, 0.15) is 43.5 Å². The van der Waals surface area contributed by atoms with E-state index in [-0.39, 0.29) is 5.78 Å². The number of Topliss-reactive ketones (excluding diaryl/α,β-unsaturated/α-hetero) is 1. The van der Waals surface area contributed by atoms with Gasteiger partial charge in [0.2, 0.25) is 0 Å². The minimum atomic E-state index is 0.0603. The predicted octanol–water partition coefficient (Wildman–Crippen LogP) is 3.92. The first kappa shape index (κ1) is 12.4. The van der Waals surface area contributed by atoms with Gasteiger partial charge in [0.25, 0.3) is 0 Å². The zero-order chi connectivity index (χ0) is 12.4. The Kier molecular flexibility index (Phi) is 3.72. The largest absolute Gasteiger partial charge is 0.368 e. The Balaban J connectivity index is 2.29. The third-order valence-electron chi connectivity index (χ3n) is 3.47. The Labute approximate surface area is 108 Å². The second-order valence-electron chi connectivity index (χ2n) is 4.76.